The molecule has 1 rings (SSSR count). The zero-order valence-corrected chi connectivity index (χ0v) is 10.1. The lowest BCUT2D eigenvalue weighted by atomic mass is 10.3. The Morgan fingerprint density at radius 3 is 2.47 bits per heavy atom. The van der Waals surface area contributed by atoms with Gasteiger partial charge in [-0.2, -0.15) is 0 Å². The summed E-state index contributed by atoms with van der Waals surface area (Å²) in [5, 5.41) is 0. The minimum absolute atomic E-state index is 0.217. The highest BCUT2D eigenvalue weighted by Gasteiger charge is 2.26. The van der Waals surface area contributed by atoms with E-state index >= 15 is 0 Å². The van der Waals surface area contributed by atoms with Gasteiger partial charge in [0.05, 0.1) is 10.5 Å². The number of nitrogens with zero attached hydrogens (tertiary/aromatic N) is 1. The van der Waals surface area contributed by atoms with Crippen LogP contribution in [0.15, 0.2) is 15.6 Å². The predicted octanol–water partition coefficient (Wildman–Crippen LogP) is 2.29. The van der Waals surface area contributed by atoms with Crippen molar-refractivity contribution in [3.8, 4) is 0 Å². The number of halogens is 4. The Labute approximate surface area is 97.0 Å². The second kappa shape index (κ2) is 4.18. The number of rotatable bonds is 2. The van der Waals surface area contributed by atoms with Crippen molar-refractivity contribution >= 4 is 41.5 Å². The van der Waals surface area contributed by atoms with E-state index in [1.54, 1.807) is 0 Å². The number of anilines is 1. The summed E-state index contributed by atoms with van der Waals surface area (Å²) in [5.41, 5.74) is 4.42. The summed E-state index contributed by atoms with van der Waals surface area (Å²) in [6.07, 6.45) is -3.02. The summed E-state index contributed by atoms with van der Waals surface area (Å²) < 4.78 is 46.7. The zero-order valence-electron chi connectivity index (χ0n) is 6.92. The first-order valence-corrected chi connectivity index (χ1v) is 6.52. The molecule has 4 nitrogen and oxygen atoms in total. The minimum Gasteiger partial charge on any atom is -0.384 e. The number of pyridine rings is 1. The Balaban J connectivity index is 3.62. The maximum absolute atomic E-state index is 12.5. The van der Waals surface area contributed by atoms with Gasteiger partial charge in [-0.3, -0.25) is 0 Å². The maximum Gasteiger partial charge on any atom is 0.267 e. The van der Waals surface area contributed by atoms with E-state index in [9.17, 15) is 17.2 Å². The first-order chi connectivity index (χ1) is 6.73. The standard InChI is InChI=1S/C6H4BrClF2N2O2S/c7-5-4(6(9)10)2(15(8,13)14)1-3(11)12-5/h1,6H,(H2,11,12). The van der Waals surface area contributed by atoms with Crippen LogP contribution in [-0.2, 0) is 9.05 Å². The summed E-state index contributed by atoms with van der Waals surface area (Å²) >= 11 is 2.70. The molecule has 0 unspecified atom stereocenters. The van der Waals surface area contributed by atoms with Crippen molar-refractivity contribution in [1.29, 1.82) is 0 Å². The van der Waals surface area contributed by atoms with Gasteiger partial charge in [0.2, 0.25) is 0 Å². The Kier molecular flexibility index (Phi) is 3.51. The van der Waals surface area contributed by atoms with Crippen LogP contribution in [-0.4, -0.2) is 13.4 Å². The van der Waals surface area contributed by atoms with Gasteiger partial charge in [0.15, 0.2) is 0 Å². The van der Waals surface area contributed by atoms with Gasteiger partial charge in [-0.25, -0.2) is 22.2 Å². The van der Waals surface area contributed by atoms with Crippen LogP contribution in [0.25, 0.3) is 0 Å². The molecule has 0 radical (unpaired) electrons. The van der Waals surface area contributed by atoms with Gasteiger partial charge in [-0.15, -0.1) is 0 Å². The number of nitrogen functional groups attached to an aromatic ring is 1. The van der Waals surface area contributed by atoms with E-state index in [2.05, 4.69) is 20.9 Å². The van der Waals surface area contributed by atoms with Crippen molar-refractivity contribution < 1.29 is 17.2 Å². The van der Waals surface area contributed by atoms with Crippen LogP contribution >= 0.6 is 26.6 Å². The molecule has 2 N–H and O–H groups in total. The Morgan fingerprint density at radius 2 is 2.07 bits per heavy atom. The fourth-order valence-electron chi connectivity index (χ4n) is 0.919. The molecule has 0 saturated carbocycles. The third-order valence-corrected chi connectivity index (χ3v) is 3.44. The SMILES string of the molecule is Nc1cc(S(=O)(=O)Cl)c(C(F)F)c(Br)n1. The first-order valence-electron chi connectivity index (χ1n) is 3.42. The summed E-state index contributed by atoms with van der Waals surface area (Å²) in [4.78, 5) is 2.72. The van der Waals surface area contributed by atoms with Gasteiger partial charge in [0.25, 0.3) is 15.5 Å². The molecule has 1 heterocycles. The van der Waals surface area contributed by atoms with Crippen molar-refractivity contribution in [1.82, 2.24) is 4.98 Å². The van der Waals surface area contributed by atoms with Crippen molar-refractivity contribution in [3.05, 3.63) is 16.2 Å². The van der Waals surface area contributed by atoms with E-state index in [0.717, 1.165) is 6.07 Å². The molecule has 0 aromatic carbocycles. The minimum atomic E-state index is -4.28. The van der Waals surface area contributed by atoms with E-state index < -0.39 is 25.9 Å². The molecule has 0 fully saturated rings. The molecule has 9 heteroatoms. The lowest BCUT2D eigenvalue weighted by Crippen LogP contribution is -2.04. The molecule has 0 atom stereocenters. The highest BCUT2D eigenvalue weighted by molar-refractivity contribution is 9.10. The van der Waals surface area contributed by atoms with Crippen molar-refractivity contribution in [2.24, 2.45) is 0 Å². The number of aromatic nitrogens is 1. The quantitative estimate of drug-likeness (QED) is 0.670. The monoisotopic (exact) mass is 320 g/mol. The van der Waals surface area contributed by atoms with E-state index in [-0.39, 0.29) is 10.4 Å². The van der Waals surface area contributed by atoms with E-state index in [1.165, 1.54) is 0 Å². The molecule has 1 aromatic rings. The smallest absolute Gasteiger partial charge is 0.267 e. The molecule has 0 aliphatic heterocycles. The number of hydrogen-bond acceptors (Lipinski definition) is 4. The summed E-state index contributed by atoms with van der Waals surface area (Å²) in [6.45, 7) is 0. The van der Waals surface area contributed by atoms with Gasteiger partial charge in [0.1, 0.15) is 10.4 Å². The Bertz CT molecular complexity index is 494. The van der Waals surface area contributed by atoms with Crippen LogP contribution in [0, 0.1) is 0 Å². The lowest BCUT2D eigenvalue weighted by Gasteiger charge is -2.08. The molecule has 0 spiro atoms. The zero-order chi connectivity index (χ0) is 11.8. The topological polar surface area (TPSA) is 73.1 Å². The van der Waals surface area contributed by atoms with E-state index in [0.29, 0.717) is 0 Å². The molecule has 1 aromatic heterocycles. The van der Waals surface area contributed by atoms with E-state index in [4.69, 9.17) is 16.4 Å². The molecular weight excluding hydrogens is 317 g/mol. The number of alkyl halides is 2. The molecular formula is C6H4BrClF2N2O2S. The van der Waals surface area contributed by atoms with Crippen molar-refractivity contribution in [3.63, 3.8) is 0 Å². The Morgan fingerprint density at radius 1 is 1.53 bits per heavy atom. The van der Waals surface area contributed by atoms with Crippen molar-refractivity contribution in [2.45, 2.75) is 11.3 Å². The van der Waals surface area contributed by atoms with Gasteiger partial charge in [-0.1, -0.05) is 0 Å². The molecule has 84 valence electrons. The highest BCUT2D eigenvalue weighted by Crippen LogP contribution is 2.34. The van der Waals surface area contributed by atoms with Gasteiger partial charge in [-0.05, 0) is 15.9 Å². The molecule has 15 heavy (non-hydrogen) atoms. The lowest BCUT2D eigenvalue weighted by molar-refractivity contribution is 0.146. The van der Waals surface area contributed by atoms with Gasteiger partial charge >= 0.3 is 0 Å². The Hall–Kier alpha value is -0.470. The molecule has 0 bridgehead atoms. The highest BCUT2D eigenvalue weighted by atomic mass is 79.9. The largest absolute Gasteiger partial charge is 0.384 e. The van der Waals surface area contributed by atoms with Crippen LogP contribution in [0.4, 0.5) is 14.6 Å². The third kappa shape index (κ3) is 2.76. The fourth-order valence-corrected chi connectivity index (χ4v) is 2.73. The summed E-state index contributed by atoms with van der Waals surface area (Å²) in [5.74, 6) is -0.217. The average molecular weight is 322 g/mol. The molecule has 0 aliphatic carbocycles. The molecule has 0 saturated heterocycles. The maximum atomic E-state index is 12.5. The second-order valence-electron chi connectivity index (χ2n) is 2.49. The predicted molar refractivity (Wildman–Crippen MR) is 54.3 cm³/mol. The normalized spacial score (nSPS) is 12.1. The van der Waals surface area contributed by atoms with Crippen LogP contribution < -0.4 is 5.73 Å². The first kappa shape index (κ1) is 12.6. The fraction of sp³-hybridized carbons (Fsp3) is 0.167. The summed E-state index contributed by atoms with van der Waals surface area (Å²) in [7, 11) is 0.705. The van der Waals surface area contributed by atoms with Gasteiger partial charge < -0.3 is 5.73 Å². The van der Waals surface area contributed by atoms with Crippen molar-refractivity contribution in [2.75, 3.05) is 5.73 Å². The van der Waals surface area contributed by atoms with Crippen LogP contribution in [0.1, 0.15) is 12.0 Å². The number of hydrogen-bond donors (Lipinski definition) is 1. The van der Waals surface area contributed by atoms with Crippen LogP contribution in [0.3, 0.4) is 0 Å². The molecule has 0 aliphatic rings. The van der Waals surface area contributed by atoms with Gasteiger partial charge in [0, 0.05) is 16.7 Å². The van der Waals surface area contributed by atoms with E-state index in [1.807, 2.05) is 0 Å². The number of nitrogens with two attached hydrogens (primary N) is 1. The second-order valence-corrected chi connectivity index (χ2v) is 5.77. The molecule has 0 amide bonds. The van der Waals surface area contributed by atoms with Crippen LogP contribution in [0.2, 0.25) is 0 Å². The van der Waals surface area contributed by atoms with Crippen LogP contribution in [0.5, 0.6) is 0 Å². The summed E-state index contributed by atoms with van der Waals surface area (Å²) in [6, 6.07) is 0.786. The average Bonchev–Trinajstić information content (AvgIpc) is 1.99. The third-order valence-electron chi connectivity index (χ3n) is 1.47.